The van der Waals surface area contributed by atoms with E-state index in [9.17, 15) is 9.59 Å². The summed E-state index contributed by atoms with van der Waals surface area (Å²) in [6.45, 7) is 0. The zero-order valence-electron chi connectivity index (χ0n) is 14.7. The van der Waals surface area contributed by atoms with E-state index in [1.54, 1.807) is 23.5 Å². The molecule has 1 aromatic carbocycles. The number of H-pyrrole nitrogens is 1. The fraction of sp³-hybridized carbons (Fsp3) is 0.176. The van der Waals surface area contributed by atoms with Crippen molar-refractivity contribution in [2.75, 3.05) is 12.9 Å². The normalized spacial score (nSPS) is 10.5. The van der Waals surface area contributed by atoms with E-state index in [4.69, 9.17) is 16.3 Å². The van der Waals surface area contributed by atoms with Crippen molar-refractivity contribution in [1.82, 2.24) is 26.0 Å². The van der Waals surface area contributed by atoms with Crippen LogP contribution in [-0.2, 0) is 11.2 Å². The van der Waals surface area contributed by atoms with E-state index in [2.05, 4.69) is 26.0 Å². The zero-order chi connectivity index (χ0) is 19.9. The van der Waals surface area contributed by atoms with Gasteiger partial charge < -0.3 is 4.74 Å². The summed E-state index contributed by atoms with van der Waals surface area (Å²) < 4.78 is 5.12. The summed E-state index contributed by atoms with van der Waals surface area (Å²) in [7, 11) is 1.44. The first-order valence-electron chi connectivity index (χ1n) is 8.04. The van der Waals surface area contributed by atoms with Gasteiger partial charge in [-0.1, -0.05) is 29.4 Å². The van der Waals surface area contributed by atoms with Crippen LogP contribution in [-0.4, -0.2) is 39.9 Å². The summed E-state index contributed by atoms with van der Waals surface area (Å²) in [5, 5.41) is 9.78. The van der Waals surface area contributed by atoms with Gasteiger partial charge in [0.05, 0.1) is 18.4 Å². The lowest BCUT2D eigenvalue weighted by molar-refractivity contribution is -0.119. The summed E-state index contributed by atoms with van der Waals surface area (Å²) in [4.78, 5) is 29.7. The topological polar surface area (TPSA) is 109 Å². The van der Waals surface area contributed by atoms with Crippen molar-refractivity contribution < 1.29 is 14.3 Å². The lowest BCUT2D eigenvalue weighted by Gasteiger charge is -2.10. The number of amides is 2. The van der Waals surface area contributed by atoms with Crippen LogP contribution in [0.5, 0.6) is 5.75 Å². The summed E-state index contributed by atoms with van der Waals surface area (Å²) in [6.07, 6.45) is 0.662. The molecule has 0 bridgehead atoms. The number of nitrogens with one attached hydrogen (secondary N) is 3. The minimum atomic E-state index is -0.533. The maximum atomic E-state index is 12.2. The second-order valence-corrected chi connectivity index (χ2v) is 7.87. The van der Waals surface area contributed by atoms with Crippen molar-refractivity contribution in [3.05, 3.63) is 57.0 Å². The number of aromatic amines is 1. The molecule has 0 saturated heterocycles. The summed E-state index contributed by atoms with van der Waals surface area (Å²) in [6, 6.07) is 8.63. The van der Waals surface area contributed by atoms with Crippen LogP contribution >= 0.6 is 34.7 Å². The maximum absolute atomic E-state index is 12.2. The number of methoxy groups -OCH3 is 1. The Morgan fingerprint density at radius 3 is 2.93 bits per heavy atom. The fourth-order valence-electron chi connectivity index (χ4n) is 2.22. The Morgan fingerprint density at radius 1 is 1.32 bits per heavy atom. The minimum Gasteiger partial charge on any atom is -0.496 e. The molecular weight excluding hydrogens is 422 g/mol. The largest absolute Gasteiger partial charge is 0.496 e. The Bertz CT molecular complexity index is 962. The van der Waals surface area contributed by atoms with Gasteiger partial charge in [-0.05, 0) is 29.6 Å². The molecule has 0 atom stereocenters. The molecule has 0 aliphatic heterocycles. The molecule has 2 amide bonds. The van der Waals surface area contributed by atoms with Gasteiger partial charge in [0.25, 0.3) is 5.91 Å². The van der Waals surface area contributed by atoms with Gasteiger partial charge in [-0.3, -0.25) is 25.5 Å². The second kappa shape index (κ2) is 9.58. The number of thioether (sulfide) groups is 1. The number of thiophene rings is 1. The van der Waals surface area contributed by atoms with Gasteiger partial charge in [0.15, 0.2) is 0 Å². The lowest BCUT2D eigenvalue weighted by Crippen LogP contribution is -2.42. The van der Waals surface area contributed by atoms with Crippen molar-refractivity contribution in [1.29, 1.82) is 0 Å². The third kappa shape index (κ3) is 5.47. The molecule has 2 heterocycles. The highest BCUT2D eigenvalue weighted by molar-refractivity contribution is 7.99. The van der Waals surface area contributed by atoms with E-state index in [0.29, 0.717) is 22.3 Å². The Hall–Kier alpha value is -2.56. The quantitative estimate of drug-likeness (QED) is 0.387. The third-order valence-corrected chi connectivity index (χ3v) is 5.45. The highest BCUT2D eigenvalue weighted by Crippen LogP contribution is 2.22. The SMILES string of the molecule is COc1ccc(Cl)cc1C(=O)NNC(=O)CSc1n[nH]c(Cc2cccs2)n1. The number of hydrogen-bond acceptors (Lipinski definition) is 7. The number of aromatic nitrogens is 3. The number of halogens is 1. The molecule has 28 heavy (non-hydrogen) atoms. The van der Waals surface area contributed by atoms with Crippen LogP contribution in [0, 0.1) is 0 Å². The number of hydrazine groups is 1. The van der Waals surface area contributed by atoms with Gasteiger partial charge in [0.2, 0.25) is 11.1 Å². The number of carbonyl (C=O) groups is 2. The predicted octanol–water partition coefficient (Wildman–Crippen LogP) is 2.67. The highest BCUT2D eigenvalue weighted by Gasteiger charge is 2.14. The van der Waals surface area contributed by atoms with Crippen LogP contribution in [0.4, 0.5) is 0 Å². The maximum Gasteiger partial charge on any atom is 0.273 e. The molecule has 3 N–H and O–H groups in total. The molecule has 0 fully saturated rings. The molecule has 0 radical (unpaired) electrons. The van der Waals surface area contributed by atoms with Crippen LogP contribution in [0.15, 0.2) is 40.9 Å². The van der Waals surface area contributed by atoms with Crippen LogP contribution in [0.25, 0.3) is 0 Å². The second-order valence-electron chi connectivity index (χ2n) is 5.46. The van der Waals surface area contributed by atoms with E-state index in [-0.39, 0.29) is 11.3 Å². The first-order valence-corrected chi connectivity index (χ1v) is 10.3. The van der Waals surface area contributed by atoms with Crippen LogP contribution in [0.2, 0.25) is 5.02 Å². The lowest BCUT2D eigenvalue weighted by atomic mass is 10.2. The molecule has 0 spiro atoms. The van der Waals surface area contributed by atoms with E-state index in [1.807, 2.05) is 17.5 Å². The number of rotatable bonds is 7. The Labute approximate surface area is 174 Å². The Kier molecular flexibility index (Phi) is 6.90. The molecule has 146 valence electrons. The monoisotopic (exact) mass is 437 g/mol. The van der Waals surface area contributed by atoms with Gasteiger partial charge >= 0.3 is 0 Å². The van der Waals surface area contributed by atoms with Crippen molar-refractivity contribution in [3.8, 4) is 5.75 Å². The summed E-state index contributed by atoms with van der Waals surface area (Å²) >= 11 is 8.70. The molecule has 0 saturated carbocycles. The number of nitrogens with zero attached hydrogens (tertiary/aromatic N) is 2. The zero-order valence-corrected chi connectivity index (χ0v) is 17.1. The number of benzene rings is 1. The number of ether oxygens (including phenoxy) is 1. The van der Waals surface area contributed by atoms with Crippen molar-refractivity contribution in [2.45, 2.75) is 11.6 Å². The Morgan fingerprint density at radius 2 is 2.18 bits per heavy atom. The first-order chi connectivity index (χ1) is 13.5. The fourth-order valence-corrected chi connectivity index (χ4v) is 3.72. The summed E-state index contributed by atoms with van der Waals surface area (Å²) in [5.74, 6) is 0.192. The molecule has 0 unspecified atom stereocenters. The van der Waals surface area contributed by atoms with E-state index >= 15 is 0 Å². The predicted molar refractivity (Wildman–Crippen MR) is 108 cm³/mol. The molecule has 2 aromatic heterocycles. The molecule has 3 aromatic rings. The highest BCUT2D eigenvalue weighted by atomic mass is 35.5. The number of hydrogen-bond donors (Lipinski definition) is 3. The molecule has 8 nitrogen and oxygen atoms in total. The number of carbonyl (C=O) groups excluding carboxylic acids is 2. The van der Waals surface area contributed by atoms with Gasteiger partial charge in [-0.25, -0.2) is 4.98 Å². The standard InChI is InChI=1S/C17H16ClN5O3S2/c1-26-13-5-4-10(18)7-12(13)16(25)22-21-15(24)9-28-17-19-14(20-23-17)8-11-3-2-6-27-11/h2-7H,8-9H2,1H3,(H,21,24)(H,22,25)(H,19,20,23). The average Bonchev–Trinajstić information content (AvgIpc) is 3.37. The van der Waals surface area contributed by atoms with Crippen LogP contribution in [0.3, 0.4) is 0 Å². The van der Waals surface area contributed by atoms with E-state index in [0.717, 1.165) is 17.6 Å². The van der Waals surface area contributed by atoms with Gasteiger partial charge in [-0.2, -0.15) is 0 Å². The summed E-state index contributed by atoms with van der Waals surface area (Å²) in [5.41, 5.74) is 4.89. The van der Waals surface area contributed by atoms with E-state index < -0.39 is 11.8 Å². The first kappa shape index (κ1) is 20.2. The molecule has 0 aliphatic rings. The van der Waals surface area contributed by atoms with Crippen LogP contribution in [0.1, 0.15) is 21.1 Å². The van der Waals surface area contributed by atoms with Crippen molar-refractivity contribution >= 4 is 46.5 Å². The van der Waals surface area contributed by atoms with Crippen molar-refractivity contribution in [3.63, 3.8) is 0 Å². The van der Waals surface area contributed by atoms with Gasteiger partial charge in [0.1, 0.15) is 11.6 Å². The molecule has 11 heteroatoms. The third-order valence-electron chi connectivity index (χ3n) is 3.49. The Balaban J connectivity index is 1.46. The van der Waals surface area contributed by atoms with Crippen molar-refractivity contribution in [2.24, 2.45) is 0 Å². The van der Waals surface area contributed by atoms with Gasteiger partial charge in [-0.15, -0.1) is 16.4 Å². The van der Waals surface area contributed by atoms with E-state index in [1.165, 1.54) is 18.1 Å². The van der Waals surface area contributed by atoms with Gasteiger partial charge in [0, 0.05) is 16.3 Å². The average molecular weight is 438 g/mol. The smallest absolute Gasteiger partial charge is 0.273 e. The molecule has 0 aliphatic carbocycles. The van der Waals surface area contributed by atoms with Crippen LogP contribution < -0.4 is 15.6 Å². The minimum absolute atomic E-state index is 0.0449. The molecular formula is C17H16ClN5O3S2. The molecule has 3 rings (SSSR count).